The Labute approximate surface area is 102 Å². The van der Waals surface area contributed by atoms with E-state index >= 15 is 0 Å². The molecular weight excluding hydrogens is 216 g/mol. The Bertz CT molecular complexity index is 330. The van der Waals surface area contributed by atoms with Crippen LogP contribution in [0, 0.1) is 5.92 Å². The molecule has 0 bridgehead atoms. The van der Waals surface area contributed by atoms with Gasteiger partial charge >= 0.3 is 0 Å². The van der Waals surface area contributed by atoms with Crippen molar-refractivity contribution in [2.75, 3.05) is 18.0 Å². The highest BCUT2D eigenvalue weighted by atomic mass is 16.5. The standard InChI is InChI=1S/C12H22N4O/c1-3-9(2)10(13)11-14-12(15-17-11)16-7-5-4-6-8-16/h9-10H,3-8,13H2,1-2H3/t9-,10-/m0/s1. The minimum absolute atomic E-state index is 0.147. The van der Waals surface area contributed by atoms with Crippen molar-refractivity contribution in [3.63, 3.8) is 0 Å². The molecule has 2 rings (SSSR count). The molecule has 1 aliphatic heterocycles. The first kappa shape index (κ1) is 12.4. The van der Waals surface area contributed by atoms with Gasteiger partial charge in [-0.2, -0.15) is 4.98 Å². The predicted molar refractivity (Wildman–Crippen MR) is 66.7 cm³/mol. The summed E-state index contributed by atoms with van der Waals surface area (Å²) in [6.07, 6.45) is 4.73. The van der Waals surface area contributed by atoms with Crippen molar-refractivity contribution in [3.8, 4) is 0 Å². The van der Waals surface area contributed by atoms with Gasteiger partial charge in [0.05, 0.1) is 6.04 Å². The maximum atomic E-state index is 6.08. The Hall–Kier alpha value is -1.10. The van der Waals surface area contributed by atoms with E-state index in [4.69, 9.17) is 10.3 Å². The van der Waals surface area contributed by atoms with Gasteiger partial charge in [-0.15, -0.1) is 0 Å². The van der Waals surface area contributed by atoms with Crippen LogP contribution in [0.3, 0.4) is 0 Å². The second kappa shape index (κ2) is 5.49. The Morgan fingerprint density at radius 2 is 2.06 bits per heavy atom. The molecule has 0 unspecified atom stereocenters. The molecule has 17 heavy (non-hydrogen) atoms. The summed E-state index contributed by atoms with van der Waals surface area (Å²) < 4.78 is 5.27. The maximum Gasteiger partial charge on any atom is 0.266 e. The van der Waals surface area contributed by atoms with Crippen molar-refractivity contribution in [2.45, 2.75) is 45.6 Å². The van der Waals surface area contributed by atoms with E-state index < -0.39 is 0 Å². The molecular formula is C12H22N4O. The van der Waals surface area contributed by atoms with Crippen LogP contribution >= 0.6 is 0 Å². The average Bonchev–Trinajstić information content (AvgIpc) is 2.87. The lowest BCUT2D eigenvalue weighted by Gasteiger charge is -2.24. The summed E-state index contributed by atoms with van der Waals surface area (Å²) in [6.45, 7) is 6.27. The van der Waals surface area contributed by atoms with E-state index in [0.717, 1.165) is 19.5 Å². The smallest absolute Gasteiger partial charge is 0.266 e. The van der Waals surface area contributed by atoms with Crippen LogP contribution in [0.5, 0.6) is 0 Å². The minimum atomic E-state index is -0.147. The monoisotopic (exact) mass is 238 g/mol. The van der Waals surface area contributed by atoms with E-state index in [1.165, 1.54) is 19.3 Å². The van der Waals surface area contributed by atoms with Crippen molar-refractivity contribution in [3.05, 3.63) is 5.89 Å². The van der Waals surface area contributed by atoms with Crippen LogP contribution < -0.4 is 10.6 Å². The van der Waals surface area contributed by atoms with Crippen LogP contribution in [0.15, 0.2) is 4.52 Å². The molecule has 5 nitrogen and oxygen atoms in total. The van der Waals surface area contributed by atoms with Crippen molar-refractivity contribution in [1.82, 2.24) is 10.1 Å². The highest BCUT2D eigenvalue weighted by molar-refractivity contribution is 5.28. The summed E-state index contributed by atoms with van der Waals surface area (Å²) in [4.78, 5) is 6.61. The topological polar surface area (TPSA) is 68.2 Å². The van der Waals surface area contributed by atoms with Gasteiger partial charge in [-0.1, -0.05) is 20.3 Å². The lowest BCUT2D eigenvalue weighted by molar-refractivity contribution is 0.312. The molecule has 2 N–H and O–H groups in total. The summed E-state index contributed by atoms with van der Waals surface area (Å²) in [5.74, 6) is 1.64. The van der Waals surface area contributed by atoms with Gasteiger partial charge in [0.25, 0.3) is 5.95 Å². The minimum Gasteiger partial charge on any atom is -0.338 e. The number of piperidine rings is 1. The van der Waals surface area contributed by atoms with Crippen LogP contribution in [-0.4, -0.2) is 23.2 Å². The summed E-state index contributed by atoms with van der Waals surface area (Å²) in [7, 11) is 0. The highest BCUT2D eigenvalue weighted by Gasteiger charge is 2.22. The Kier molecular flexibility index (Phi) is 3.99. The number of hydrogen-bond donors (Lipinski definition) is 1. The van der Waals surface area contributed by atoms with E-state index in [-0.39, 0.29) is 6.04 Å². The predicted octanol–water partition coefficient (Wildman–Crippen LogP) is 2.11. The van der Waals surface area contributed by atoms with Gasteiger partial charge in [-0.3, -0.25) is 0 Å². The molecule has 1 aromatic heterocycles. The van der Waals surface area contributed by atoms with Crippen LogP contribution in [0.4, 0.5) is 5.95 Å². The lowest BCUT2D eigenvalue weighted by Crippen LogP contribution is -2.30. The third-order valence-electron chi connectivity index (χ3n) is 3.61. The summed E-state index contributed by atoms with van der Waals surface area (Å²) in [5, 5.41) is 4.04. The Morgan fingerprint density at radius 1 is 1.35 bits per heavy atom. The molecule has 1 aliphatic rings. The molecule has 96 valence electrons. The quantitative estimate of drug-likeness (QED) is 0.870. The molecule has 0 radical (unpaired) electrons. The first-order valence-corrected chi connectivity index (χ1v) is 6.56. The van der Waals surface area contributed by atoms with Gasteiger partial charge in [0, 0.05) is 13.1 Å². The summed E-state index contributed by atoms with van der Waals surface area (Å²) in [6, 6.07) is -0.147. The zero-order chi connectivity index (χ0) is 12.3. The Balaban J connectivity index is 2.04. The average molecular weight is 238 g/mol. The van der Waals surface area contributed by atoms with Gasteiger partial charge in [-0.25, -0.2) is 0 Å². The van der Waals surface area contributed by atoms with Gasteiger partial charge in [0.1, 0.15) is 0 Å². The molecule has 0 spiro atoms. The number of aromatic nitrogens is 2. The molecule has 1 aromatic rings. The SMILES string of the molecule is CC[C@H](C)[C@H](N)c1nc(N2CCCCC2)no1. The first-order chi connectivity index (χ1) is 8.22. The third kappa shape index (κ3) is 2.77. The fraction of sp³-hybridized carbons (Fsp3) is 0.833. The van der Waals surface area contributed by atoms with E-state index in [1.807, 2.05) is 0 Å². The van der Waals surface area contributed by atoms with Crippen LogP contribution in [0.1, 0.15) is 51.5 Å². The zero-order valence-corrected chi connectivity index (χ0v) is 10.7. The van der Waals surface area contributed by atoms with E-state index in [9.17, 15) is 0 Å². The highest BCUT2D eigenvalue weighted by Crippen LogP contribution is 2.23. The molecule has 0 aromatic carbocycles. The molecule has 5 heteroatoms. The molecule has 0 saturated carbocycles. The van der Waals surface area contributed by atoms with Gasteiger partial charge < -0.3 is 15.2 Å². The molecule has 0 amide bonds. The maximum absolute atomic E-state index is 6.08. The van der Waals surface area contributed by atoms with Crippen LogP contribution in [0.25, 0.3) is 0 Å². The lowest BCUT2D eigenvalue weighted by atomic mass is 10.0. The van der Waals surface area contributed by atoms with Crippen molar-refractivity contribution < 1.29 is 4.52 Å². The molecule has 0 aliphatic carbocycles. The molecule has 2 atom stereocenters. The molecule has 1 fully saturated rings. The largest absolute Gasteiger partial charge is 0.338 e. The Morgan fingerprint density at radius 3 is 2.71 bits per heavy atom. The summed E-state index contributed by atoms with van der Waals surface area (Å²) in [5.41, 5.74) is 6.08. The second-order valence-electron chi connectivity index (χ2n) is 4.89. The van der Waals surface area contributed by atoms with Crippen molar-refractivity contribution in [1.29, 1.82) is 0 Å². The number of hydrogen-bond acceptors (Lipinski definition) is 5. The molecule has 2 heterocycles. The van der Waals surface area contributed by atoms with Gasteiger partial charge in [0.15, 0.2) is 0 Å². The van der Waals surface area contributed by atoms with Crippen LogP contribution in [0.2, 0.25) is 0 Å². The van der Waals surface area contributed by atoms with E-state index in [1.54, 1.807) is 0 Å². The van der Waals surface area contributed by atoms with E-state index in [0.29, 0.717) is 17.8 Å². The van der Waals surface area contributed by atoms with Crippen molar-refractivity contribution in [2.24, 2.45) is 11.7 Å². The fourth-order valence-corrected chi connectivity index (χ4v) is 2.08. The zero-order valence-electron chi connectivity index (χ0n) is 10.7. The second-order valence-corrected chi connectivity index (χ2v) is 4.89. The van der Waals surface area contributed by atoms with E-state index in [2.05, 4.69) is 28.9 Å². The number of rotatable bonds is 4. The third-order valence-corrected chi connectivity index (χ3v) is 3.61. The van der Waals surface area contributed by atoms with Gasteiger partial charge in [-0.05, 0) is 30.3 Å². The molecule has 1 saturated heterocycles. The number of nitrogens with two attached hydrogens (primary N) is 1. The van der Waals surface area contributed by atoms with Gasteiger partial charge in [0.2, 0.25) is 5.89 Å². The number of anilines is 1. The van der Waals surface area contributed by atoms with Crippen LogP contribution in [-0.2, 0) is 0 Å². The fourth-order valence-electron chi connectivity index (χ4n) is 2.08. The first-order valence-electron chi connectivity index (χ1n) is 6.56. The summed E-state index contributed by atoms with van der Waals surface area (Å²) >= 11 is 0. The number of nitrogens with zero attached hydrogens (tertiary/aromatic N) is 3. The normalized spacial score (nSPS) is 20.3. The van der Waals surface area contributed by atoms with Crippen molar-refractivity contribution >= 4 is 5.95 Å².